The molecule has 0 aliphatic heterocycles. The fourth-order valence-electron chi connectivity index (χ4n) is 1.29. The van der Waals surface area contributed by atoms with Crippen LogP contribution in [0.3, 0.4) is 0 Å². The number of rotatable bonds is 3. The summed E-state index contributed by atoms with van der Waals surface area (Å²) in [5.41, 5.74) is 2.18. The molecule has 0 aliphatic carbocycles. The summed E-state index contributed by atoms with van der Waals surface area (Å²) in [4.78, 5) is 16.0. The highest BCUT2D eigenvalue weighted by Crippen LogP contribution is 2.30. The van der Waals surface area contributed by atoms with Gasteiger partial charge < -0.3 is 4.74 Å². The van der Waals surface area contributed by atoms with Crippen LogP contribution in [0.1, 0.15) is 35.6 Å². The molecule has 0 amide bonds. The smallest absolute Gasteiger partial charge is 0.358 e. The highest BCUT2D eigenvalue weighted by Gasteiger charge is 2.18. The first-order valence-corrected chi connectivity index (χ1v) is 6.63. The minimum atomic E-state index is -0.389. The predicted molar refractivity (Wildman–Crippen MR) is 69.7 cm³/mol. The van der Waals surface area contributed by atoms with Gasteiger partial charge in [0.25, 0.3) is 0 Å². The van der Waals surface area contributed by atoms with E-state index in [-0.39, 0.29) is 5.97 Å². The molecule has 0 saturated carbocycles. The summed E-state index contributed by atoms with van der Waals surface area (Å²) < 4.78 is 6.59. The normalized spacial score (nSPS) is 10.3. The van der Waals surface area contributed by atoms with Crippen LogP contribution in [0.15, 0.2) is 8.95 Å². The summed E-state index contributed by atoms with van der Waals surface area (Å²) in [6, 6.07) is 0. The third kappa shape index (κ3) is 2.63. The van der Waals surface area contributed by atoms with Gasteiger partial charge in [-0.15, -0.1) is 0 Å². The van der Waals surface area contributed by atoms with Crippen molar-refractivity contribution in [2.75, 3.05) is 6.61 Å². The zero-order valence-corrected chi connectivity index (χ0v) is 12.6. The number of carbonyl (C=O) groups excluding carboxylic acids is 1. The molecule has 1 aromatic heterocycles. The number of ether oxygens (including phenoxy) is 1. The van der Waals surface area contributed by atoms with Crippen molar-refractivity contribution in [1.29, 1.82) is 0 Å². The van der Waals surface area contributed by atoms with Crippen LogP contribution < -0.4 is 0 Å². The van der Waals surface area contributed by atoms with Crippen molar-refractivity contribution in [3.8, 4) is 0 Å². The summed E-state index contributed by atoms with van der Waals surface area (Å²) in [6.07, 6.45) is 0.765. The van der Waals surface area contributed by atoms with E-state index in [0.717, 1.165) is 22.2 Å². The Morgan fingerprint density at radius 1 is 1.31 bits per heavy atom. The number of hydrogen-bond donors (Lipinski definition) is 0. The second kappa shape index (κ2) is 5.77. The number of aryl methyl sites for hydroxylation is 1. The Balaban J connectivity index is 3.29. The molecule has 0 fully saturated rings. The quantitative estimate of drug-likeness (QED) is 0.781. The first-order chi connectivity index (χ1) is 7.52. The van der Waals surface area contributed by atoms with Gasteiger partial charge in [-0.1, -0.05) is 6.92 Å². The zero-order chi connectivity index (χ0) is 12.3. The summed E-state index contributed by atoms with van der Waals surface area (Å²) >= 11 is 6.84. The van der Waals surface area contributed by atoms with E-state index in [4.69, 9.17) is 4.74 Å². The maximum atomic E-state index is 11.7. The van der Waals surface area contributed by atoms with Crippen molar-refractivity contribution < 1.29 is 9.53 Å². The summed E-state index contributed by atoms with van der Waals surface area (Å²) in [6.45, 7) is 6.05. The largest absolute Gasteiger partial charge is 0.461 e. The second-order valence-corrected chi connectivity index (χ2v) is 4.82. The number of nitrogens with zero attached hydrogens (tertiary/aromatic N) is 1. The topological polar surface area (TPSA) is 39.2 Å². The van der Waals surface area contributed by atoms with E-state index >= 15 is 0 Å². The fourth-order valence-corrected chi connectivity index (χ4v) is 2.57. The molecule has 0 radical (unpaired) electrons. The van der Waals surface area contributed by atoms with Crippen LogP contribution in [0.25, 0.3) is 0 Å². The second-order valence-electron chi connectivity index (χ2n) is 3.23. The third-order valence-electron chi connectivity index (χ3n) is 2.17. The van der Waals surface area contributed by atoms with E-state index in [1.54, 1.807) is 6.92 Å². The van der Waals surface area contributed by atoms with Crippen LogP contribution in [0.5, 0.6) is 0 Å². The van der Waals surface area contributed by atoms with Crippen LogP contribution in [0, 0.1) is 6.92 Å². The van der Waals surface area contributed by atoms with E-state index in [0.29, 0.717) is 16.8 Å². The lowest BCUT2D eigenvalue weighted by Crippen LogP contribution is -2.11. The predicted octanol–water partition coefficient (Wildman–Crippen LogP) is 3.65. The molecule has 0 atom stereocenters. The van der Waals surface area contributed by atoms with Gasteiger partial charge in [0.2, 0.25) is 0 Å². The maximum Gasteiger partial charge on any atom is 0.358 e. The average Bonchev–Trinajstić information content (AvgIpc) is 2.27. The molecule has 0 spiro atoms. The third-order valence-corrected chi connectivity index (χ3v) is 4.19. The molecule has 0 saturated heterocycles. The molecule has 5 heteroatoms. The molecule has 88 valence electrons. The van der Waals surface area contributed by atoms with Crippen LogP contribution in [0.2, 0.25) is 0 Å². The molecular formula is C11H13Br2NO2. The van der Waals surface area contributed by atoms with Gasteiger partial charge in [0.1, 0.15) is 0 Å². The molecule has 1 rings (SSSR count). The molecule has 1 aromatic rings. The molecule has 0 aliphatic rings. The summed E-state index contributed by atoms with van der Waals surface area (Å²) in [7, 11) is 0. The fraction of sp³-hybridized carbons (Fsp3) is 0.455. The van der Waals surface area contributed by atoms with E-state index < -0.39 is 0 Å². The molecule has 0 N–H and O–H groups in total. The van der Waals surface area contributed by atoms with Gasteiger partial charge in [0.15, 0.2) is 5.69 Å². The van der Waals surface area contributed by atoms with E-state index in [1.165, 1.54) is 0 Å². The zero-order valence-electron chi connectivity index (χ0n) is 9.43. The van der Waals surface area contributed by atoms with E-state index in [2.05, 4.69) is 36.8 Å². The number of pyridine rings is 1. The first-order valence-electron chi connectivity index (χ1n) is 5.04. The number of esters is 1. The minimum absolute atomic E-state index is 0.347. The Labute approximate surface area is 112 Å². The maximum absolute atomic E-state index is 11.7. The lowest BCUT2D eigenvalue weighted by molar-refractivity contribution is 0.0518. The van der Waals surface area contributed by atoms with Gasteiger partial charge in [0, 0.05) is 4.47 Å². The number of hydrogen-bond acceptors (Lipinski definition) is 3. The Bertz CT molecular complexity index is 419. The Kier molecular flexibility index (Phi) is 4.92. The van der Waals surface area contributed by atoms with Gasteiger partial charge in [0.05, 0.1) is 16.8 Å². The van der Waals surface area contributed by atoms with E-state index in [9.17, 15) is 4.79 Å². The molecule has 0 aromatic carbocycles. The number of carbonyl (C=O) groups is 1. The van der Waals surface area contributed by atoms with Crippen LogP contribution >= 0.6 is 31.9 Å². The monoisotopic (exact) mass is 349 g/mol. The summed E-state index contributed by atoms with van der Waals surface area (Å²) in [5.74, 6) is -0.389. The molecule has 0 bridgehead atoms. The first kappa shape index (κ1) is 13.6. The van der Waals surface area contributed by atoms with E-state index in [1.807, 2.05) is 13.8 Å². The SMILES string of the molecule is CCOC(=O)c1nc(CC)c(Br)c(C)c1Br. The highest BCUT2D eigenvalue weighted by atomic mass is 79.9. The lowest BCUT2D eigenvalue weighted by atomic mass is 10.2. The Hall–Kier alpha value is -0.420. The van der Waals surface area contributed by atoms with Crippen LogP contribution in [-0.4, -0.2) is 17.6 Å². The number of aromatic nitrogens is 1. The van der Waals surface area contributed by atoms with Gasteiger partial charge in [-0.3, -0.25) is 0 Å². The van der Waals surface area contributed by atoms with Gasteiger partial charge in [-0.25, -0.2) is 9.78 Å². The summed E-state index contributed by atoms with van der Waals surface area (Å²) in [5, 5.41) is 0. The van der Waals surface area contributed by atoms with Crippen molar-refractivity contribution in [3.05, 3.63) is 25.9 Å². The standard InChI is InChI=1S/C11H13Br2NO2/c1-4-7-8(12)6(3)9(13)10(14-7)11(15)16-5-2/h4-5H2,1-3H3. The highest BCUT2D eigenvalue weighted by molar-refractivity contribution is 9.11. The molecule has 1 heterocycles. The lowest BCUT2D eigenvalue weighted by Gasteiger charge is -2.11. The van der Waals surface area contributed by atoms with Gasteiger partial charge >= 0.3 is 5.97 Å². The Morgan fingerprint density at radius 2 is 1.94 bits per heavy atom. The van der Waals surface area contributed by atoms with Crippen molar-refractivity contribution in [3.63, 3.8) is 0 Å². The van der Waals surface area contributed by atoms with Gasteiger partial charge in [-0.05, 0) is 57.7 Å². The average molecular weight is 351 g/mol. The molecule has 16 heavy (non-hydrogen) atoms. The Morgan fingerprint density at radius 3 is 2.44 bits per heavy atom. The molecule has 0 unspecified atom stereocenters. The number of halogens is 2. The molecular weight excluding hydrogens is 338 g/mol. The van der Waals surface area contributed by atoms with Crippen LogP contribution in [-0.2, 0) is 11.2 Å². The van der Waals surface area contributed by atoms with Crippen molar-refractivity contribution >= 4 is 37.8 Å². The molecule has 3 nitrogen and oxygen atoms in total. The van der Waals surface area contributed by atoms with Crippen molar-refractivity contribution in [1.82, 2.24) is 4.98 Å². The van der Waals surface area contributed by atoms with Crippen molar-refractivity contribution in [2.45, 2.75) is 27.2 Å². The van der Waals surface area contributed by atoms with Crippen molar-refractivity contribution in [2.24, 2.45) is 0 Å². The van der Waals surface area contributed by atoms with Gasteiger partial charge in [-0.2, -0.15) is 0 Å². The minimum Gasteiger partial charge on any atom is -0.461 e. The van der Waals surface area contributed by atoms with Crippen LogP contribution in [0.4, 0.5) is 0 Å².